The molecule has 0 aromatic carbocycles. The van der Waals surface area contributed by atoms with Gasteiger partial charge in [0, 0.05) is 18.0 Å². The van der Waals surface area contributed by atoms with Crippen LogP contribution in [0.1, 0.15) is 5.82 Å². The number of halogens is 1. The lowest BCUT2D eigenvalue weighted by Gasteiger charge is -1.95. The van der Waals surface area contributed by atoms with Crippen molar-refractivity contribution >= 4 is 17.2 Å². The van der Waals surface area contributed by atoms with Crippen LogP contribution in [0.25, 0.3) is 5.57 Å². The molecule has 0 bridgehead atoms. The highest BCUT2D eigenvalue weighted by Crippen LogP contribution is 2.05. The molecule has 0 N–H and O–H groups in total. The molecule has 0 aliphatic heterocycles. The third-order valence-corrected chi connectivity index (χ3v) is 1.37. The van der Waals surface area contributed by atoms with Crippen molar-refractivity contribution < 1.29 is 0 Å². The molecule has 1 aromatic heterocycles. The van der Waals surface area contributed by atoms with E-state index in [0.29, 0.717) is 11.7 Å². The van der Waals surface area contributed by atoms with E-state index < -0.39 is 0 Å². The first-order chi connectivity index (χ1) is 4.84. The number of hydrogen-bond acceptors (Lipinski definition) is 2. The summed E-state index contributed by atoms with van der Waals surface area (Å²) in [7, 11) is 0. The molecule has 1 aromatic rings. The highest BCUT2D eigenvalue weighted by Gasteiger charge is 1.96. The summed E-state index contributed by atoms with van der Waals surface area (Å²) >= 11 is 5.51. The van der Waals surface area contributed by atoms with Crippen molar-refractivity contribution in [1.29, 1.82) is 0 Å². The fraction of sp³-hybridized carbons (Fsp3) is 0.143. The molecule has 10 heavy (non-hydrogen) atoms. The molecule has 1 heterocycles. The first-order valence-corrected chi connectivity index (χ1v) is 3.39. The Bertz CT molecular complexity index is 220. The van der Waals surface area contributed by atoms with Gasteiger partial charge in [0.2, 0.25) is 0 Å². The second-order valence-electron chi connectivity index (χ2n) is 1.81. The summed E-state index contributed by atoms with van der Waals surface area (Å²) in [6.45, 7) is 3.69. The number of alkyl halides is 1. The summed E-state index contributed by atoms with van der Waals surface area (Å²) < 4.78 is 0. The van der Waals surface area contributed by atoms with Gasteiger partial charge in [0.1, 0.15) is 0 Å². The summed E-state index contributed by atoms with van der Waals surface area (Å²) in [5.74, 6) is 1.00. The molecular weight excluding hydrogens is 148 g/mol. The van der Waals surface area contributed by atoms with Gasteiger partial charge >= 0.3 is 0 Å². The fourth-order valence-corrected chi connectivity index (χ4v) is 0.661. The van der Waals surface area contributed by atoms with E-state index in [0.717, 1.165) is 5.57 Å². The Kier molecular flexibility index (Phi) is 2.40. The molecule has 2 nitrogen and oxygen atoms in total. The Hall–Kier alpha value is -0.890. The zero-order valence-electron chi connectivity index (χ0n) is 5.42. The van der Waals surface area contributed by atoms with Crippen molar-refractivity contribution in [2.45, 2.75) is 0 Å². The van der Waals surface area contributed by atoms with Crippen LogP contribution in [0.2, 0.25) is 0 Å². The molecule has 52 valence electrons. The molecule has 0 spiro atoms. The molecule has 0 saturated carbocycles. The molecule has 1 rings (SSSR count). The summed E-state index contributed by atoms with van der Waals surface area (Å²) in [6.07, 6.45) is 3.33. The smallest absolute Gasteiger partial charge is 0.155 e. The molecule has 0 radical (unpaired) electrons. The van der Waals surface area contributed by atoms with Crippen molar-refractivity contribution in [3.8, 4) is 0 Å². The molecule has 0 unspecified atom stereocenters. The number of nitrogens with zero attached hydrogens (tertiary/aromatic N) is 2. The molecule has 0 atom stereocenters. The molecule has 0 saturated heterocycles. The lowest BCUT2D eigenvalue weighted by Crippen LogP contribution is -1.91. The van der Waals surface area contributed by atoms with Gasteiger partial charge in [0.15, 0.2) is 5.82 Å². The van der Waals surface area contributed by atoms with Crippen molar-refractivity contribution in [3.05, 3.63) is 30.9 Å². The van der Waals surface area contributed by atoms with Crippen LogP contribution in [0, 0.1) is 0 Å². The summed E-state index contributed by atoms with van der Waals surface area (Å²) in [5, 5.41) is 0. The molecule has 0 aliphatic carbocycles. The Morgan fingerprint density at radius 3 is 2.60 bits per heavy atom. The zero-order chi connectivity index (χ0) is 7.40. The van der Waals surface area contributed by atoms with E-state index >= 15 is 0 Å². The maximum atomic E-state index is 5.51. The van der Waals surface area contributed by atoms with Crippen LogP contribution >= 0.6 is 11.6 Å². The molecular formula is C7H7ClN2. The highest BCUT2D eigenvalue weighted by molar-refractivity contribution is 6.22. The first-order valence-electron chi connectivity index (χ1n) is 2.85. The number of hydrogen-bond donors (Lipinski definition) is 0. The number of aromatic nitrogens is 2. The third-order valence-electron chi connectivity index (χ3n) is 1.04. The van der Waals surface area contributed by atoms with E-state index in [4.69, 9.17) is 11.6 Å². The Morgan fingerprint density at radius 1 is 1.50 bits per heavy atom. The predicted molar refractivity (Wildman–Crippen MR) is 41.8 cm³/mol. The summed E-state index contributed by atoms with van der Waals surface area (Å²) in [5.41, 5.74) is 0.752. The Morgan fingerprint density at radius 2 is 2.10 bits per heavy atom. The fourth-order valence-electron chi connectivity index (χ4n) is 0.541. The average molecular weight is 155 g/mol. The van der Waals surface area contributed by atoms with Gasteiger partial charge in [-0.25, -0.2) is 9.97 Å². The van der Waals surface area contributed by atoms with E-state index in [1.54, 1.807) is 18.5 Å². The lowest BCUT2D eigenvalue weighted by atomic mass is 10.3. The minimum atomic E-state index is 0.379. The largest absolute Gasteiger partial charge is 0.237 e. The van der Waals surface area contributed by atoms with Gasteiger partial charge in [-0.1, -0.05) is 6.58 Å². The van der Waals surface area contributed by atoms with Gasteiger partial charge in [0.05, 0.1) is 5.88 Å². The highest BCUT2D eigenvalue weighted by atomic mass is 35.5. The number of allylic oxidation sites excluding steroid dienone is 1. The lowest BCUT2D eigenvalue weighted by molar-refractivity contribution is 1.12. The number of rotatable bonds is 2. The second-order valence-corrected chi connectivity index (χ2v) is 2.08. The van der Waals surface area contributed by atoms with Crippen LogP contribution in [-0.4, -0.2) is 15.8 Å². The minimum Gasteiger partial charge on any atom is -0.237 e. The SMILES string of the molecule is C=C(CCl)c1ncccn1. The van der Waals surface area contributed by atoms with Crippen molar-refractivity contribution in [3.63, 3.8) is 0 Å². The van der Waals surface area contributed by atoms with Gasteiger partial charge in [-0.3, -0.25) is 0 Å². The maximum Gasteiger partial charge on any atom is 0.155 e. The zero-order valence-corrected chi connectivity index (χ0v) is 6.17. The first kappa shape index (κ1) is 7.22. The van der Waals surface area contributed by atoms with Crippen LogP contribution < -0.4 is 0 Å². The van der Waals surface area contributed by atoms with E-state index in [9.17, 15) is 0 Å². The van der Waals surface area contributed by atoms with Gasteiger partial charge in [-0.2, -0.15) is 0 Å². The predicted octanol–water partition coefficient (Wildman–Crippen LogP) is 1.73. The van der Waals surface area contributed by atoms with Gasteiger partial charge in [-0.05, 0) is 6.07 Å². The molecule has 0 aliphatic rings. The van der Waals surface area contributed by atoms with E-state index in [-0.39, 0.29) is 0 Å². The van der Waals surface area contributed by atoms with E-state index in [2.05, 4.69) is 16.5 Å². The van der Waals surface area contributed by atoms with Gasteiger partial charge in [-0.15, -0.1) is 11.6 Å². The van der Waals surface area contributed by atoms with Crippen molar-refractivity contribution in [1.82, 2.24) is 9.97 Å². The topological polar surface area (TPSA) is 25.8 Å². The van der Waals surface area contributed by atoms with Crippen LogP contribution in [0.4, 0.5) is 0 Å². The van der Waals surface area contributed by atoms with Crippen LogP contribution in [0.3, 0.4) is 0 Å². The summed E-state index contributed by atoms with van der Waals surface area (Å²) in [4.78, 5) is 7.91. The molecule has 0 amide bonds. The average Bonchev–Trinajstić information content (AvgIpc) is 2.05. The molecule has 3 heteroatoms. The quantitative estimate of drug-likeness (QED) is 0.607. The van der Waals surface area contributed by atoms with Crippen LogP contribution in [0.15, 0.2) is 25.0 Å². The Balaban J connectivity index is 2.85. The van der Waals surface area contributed by atoms with E-state index in [1.165, 1.54) is 0 Å². The van der Waals surface area contributed by atoms with Crippen molar-refractivity contribution in [2.75, 3.05) is 5.88 Å². The van der Waals surface area contributed by atoms with E-state index in [1.807, 2.05) is 0 Å². The Labute approximate surface area is 64.6 Å². The second kappa shape index (κ2) is 3.32. The van der Waals surface area contributed by atoms with Gasteiger partial charge < -0.3 is 0 Å². The molecule has 0 fully saturated rings. The monoisotopic (exact) mass is 154 g/mol. The van der Waals surface area contributed by atoms with Crippen LogP contribution in [0.5, 0.6) is 0 Å². The summed E-state index contributed by atoms with van der Waals surface area (Å²) in [6, 6.07) is 1.75. The standard InChI is InChI=1S/C7H7ClN2/c1-6(5-8)7-9-3-2-4-10-7/h2-4H,1,5H2. The normalized spacial score (nSPS) is 9.30. The third kappa shape index (κ3) is 1.54. The minimum absolute atomic E-state index is 0.379. The van der Waals surface area contributed by atoms with Crippen LogP contribution in [-0.2, 0) is 0 Å². The van der Waals surface area contributed by atoms with Gasteiger partial charge in [0.25, 0.3) is 0 Å². The maximum absolute atomic E-state index is 5.51. The van der Waals surface area contributed by atoms with Crippen molar-refractivity contribution in [2.24, 2.45) is 0 Å².